The lowest BCUT2D eigenvalue weighted by Gasteiger charge is -2.24. The van der Waals surface area contributed by atoms with E-state index < -0.39 is 23.5 Å². The summed E-state index contributed by atoms with van der Waals surface area (Å²) in [5, 5.41) is 11.6. The Labute approximate surface area is 194 Å². The third-order valence-corrected chi connectivity index (χ3v) is 5.63. The number of halogens is 1. The average molecular weight is 470 g/mol. The fourth-order valence-corrected chi connectivity index (χ4v) is 4.09. The van der Waals surface area contributed by atoms with E-state index in [1.54, 1.807) is 42.5 Å². The molecule has 170 valence electrons. The normalized spacial score (nSPS) is 17.3. The molecular weight excluding hydrogens is 450 g/mol. The Morgan fingerprint density at radius 3 is 2.18 bits per heavy atom. The Bertz CT molecular complexity index is 1230. The van der Waals surface area contributed by atoms with Gasteiger partial charge in [0, 0.05) is 5.69 Å². The smallest absolute Gasteiger partial charge is 0.300 e. The number of methoxy groups -OCH3 is 3. The van der Waals surface area contributed by atoms with Crippen LogP contribution < -0.4 is 19.1 Å². The molecule has 2 aromatic carbocycles. The number of hydrogen-bond donors (Lipinski definition) is 1. The van der Waals surface area contributed by atoms with Gasteiger partial charge >= 0.3 is 0 Å². The number of aliphatic hydroxyl groups is 1. The number of ether oxygens (including phenoxy) is 3. The molecule has 1 fully saturated rings. The van der Waals surface area contributed by atoms with E-state index in [0.717, 1.165) is 0 Å². The number of ketones is 1. The molecule has 1 saturated heterocycles. The van der Waals surface area contributed by atoms with Gasteiger partial charge in [-0.1, -0.05) is 17.7 Å². The number of hydrogen-bond acceptors (Lipinski definition) is 7. The van der Waals surface area contributed by atoms with Gasteiger partial charge in [-0.15, -0.1) is 0 Å². The quantitative estimate of drug-likeness (QED) is 0.320. The van der Waals surface area contributed by atoms with E-state index in [4.69, 9.17) is 30.2 Å². The van der Waals surface area contributed by atoms with E-state index in [9.17, 15) is 14.7 Å². The highest BCUT2D eigenvalue weighted by atomic mass is 35.5. The molecule has 4 rings (SSSR count). The molecule has 3 aromatic rings. The van der Waals surface area contributed by atoms with E-state index in [2.05, 4.69) is 0 Å². The van der Waals surface area contributed by atoms with Gasteiger partial charge in [0.25, 0.3) is 11.7 Å². The van der Waals surface area contributed by atoms with E-state index in [0.29, 0.717) is 11.4 Å². The van der Waals surface area contributed by atoms with Crippen LogP contribution in [0.3, 0.4) is 0 Å². The van der Waals surface area contributed by atoms with E-state index in [1.807, 2.05) is 0 Å². The molecule has 8 nitrogen and oxygen atoms in total. The lowest BCUT2D eigenvalue weighted by atomic mass is 9.98. The topological polar surface area (TPSA) is 98.4 Å². The Balaban J connectivity index is 1.97. The van der Waals surface area contributed by atoms with Gasteiger partial charge in [0.05, 0.1) is 38.2 Å². The van der Waals surface area contributed by atoms with Gasteiger partial charge in [0.15, 0.2) is 0 Å². The largest absolute Gasteiger partial charge is 0.506 e. The fraction of sp³-hybridized carbons (Fsp3) is 0.167. The Morgan fingerprint density at radius 2 is 1.64 bits per heavy atom. The SMILES string of the molecule is COc1ccc(N2C(=O)C(=O)/C(=C(/O)c3c(OC)cccc3OC)C2c2ccco2)cc1Cl. The van der Waals surface area contributed by atoms with Gasteiger partial charge in [-0.3, -0.25) is 14.5 Å². The number of aliphatic hydroxyl groups excluding tert-OH is 1. The Hall–Kier alpha value is -3.91. The fourth-order valence-electron chi connectivity index (χ4n) is 3.84. The zero-order valence-corrected chi connectivity index (χ0v) is 18.8. The number of benzene rings is 2. The van der Waals surface area contributed by atoms with Crippen LogP contribution in [-0.4, -0.2) is 38.1 Å². The minimum Gasteiger partial charge on any atom is -0.506 e. The van der Waals surface area contributed by atoms with Crippen molar-refractivity contribution in [2.75, 3.05) is 26.2 Å². The molecule has 1 aliphatic heterocycles. The molecule has 0 radical (unpaired) electrons. The van der Waals surface area contributed by atoms with Crippen molar-refractivity contribution >= 4 is 34.7 Å². The van der Waals surface area contributed by atoms with Crippen LogP contribution in [0, 0.1) is 0 Å². The van der Waals surface area contributed by atoms with Crippen molar-refractivity contribution in [1.82, 2.24) is 0 Å². The van der Waals surface area contributed by atoms with Crippen molar-refractivity contribution in [2.24, 2.45) is 0 Å². The maximum Gasteiger partial charge on any atom is 0.300 e. The van der Waals surface area contributed by atoms with Crippen molar-refractivity contribution in [3.63, 3.8) is 0 Å². The van der Waals surface area contributed by atoms with Gasteiger partial charge < -0.3 is 23.7 Å². The van der Waals surface area contributed by atoms with Crippen molar-refractivity contribution < 1.29 is 33.3 Å². The molecule has 1 atom stereocenters. The number of rotatable bonds is 6. The second-order valence-electron chi connectivity index (χ2n) is 7.04. The third kappa shape index (κ3) is 3.68. The lowest BCUT2D eigenvalue weighted by Crippen LogP contribution is -2.29. The standard InChI is InChI=1S/C24H20ClNO7/c1-30-15-10-9-13(12-14(15)25)26-21(18-8-5-11-33-18)20(23(28)24(26)29)22(27)19-16(31-2)6-4-7-17(19)32-3/h4-12,21,27H,1-3H3/b22-20+. The first-order valence-electron chi connectivity index (χ1n) is 9.82. The number of anilines is 1. The minimum atomic E-state index is -1.06. The highest BCUT2D eigenvalue weighted by molar-refractivity contribution is 6.51. The summed E-state index contributed by atoms with van der Waals surface area (Å²) >= 11 is 6.27. The number of carbonyl (C=O) groups excluding carboxylic acids is 2. The molecule has 1 aromatic heterocycles. The third-order valence-electron chi connectivity index (χ3n) is 5.34. The molecular formula is C24H20ClNO7. The van der Waals surface area contributed by atoms with Gasteiger partial charge in [-0.05, 0) is 42.5 Å². The summed E-state index contributed by atoms with van der Waals surface area (Å²) in [7, 11) is 4.32. The van der Waals surface area contributed by atoms with Crippen molar-refractivity contribution in [1.29, 1.82) is 0 Å². The number of nitrogens with zero attached hydrogens (tertiary/aromatic N) is 1. The van der Waals surface area contributed by atoms with E-state index >= 15 is 0 Å². The zero-order valence-electron chi connectivity index (χ0n) is 18.0. The maximum absolute atomic E-state index is 13.2. The van der Waals surface area contributed by atoms with Crippen LogP contribution in [0.15, 0.2) is 64.8 Å². The number of amides is 1. The summed E-state index contributed by atoms with van der Waals surface area (Å²) in [5.41, 5.74) is 0.296. The molecule has 1 N–H and O–H groups in total. The van der Waals surface area contributed by atoms with Gasteiger partial charge in [0.2, 0.25) is 0 Å². The molecule has 1 amide bonds. The van der Waals surface area contributed by atoms with Gasteiger partial charge in [-0.25, -0.2) is 0 Å². The molecule has 2 heterocycles. The van der Waals surface area contributed by atoms with Crippen LogP contribution >= 0.6 is 11.6 Å². The first-order chi connectivity index (χ1) is 15.9. The van der Waals surface area contributed by atoms with Gasteiger partial charge in [-0.2, -0.15) is 0 Å². The average Bonchev–Trinajstić information content (AvgIpc) is 3.45. The number of carbonyl (C=O) groups is 2. The van der Waals surface area contributed by atoms with Crippen LogP contribution in [-0.2, 0) is 9.59 Å². The number of furan rings is 1. The molecule has 1 unspecified atom stereocenters. The van der Waals surface area contributed by atoms with Crippen molar-refractivity contribution in [3.05, 3.63) is 76.7 Å². The minimum absolute atomic E-state index is 0.143. The molecule has 0 bridgehead atoms. The second-order valence-corrected chi connectivity index (χ2v) is 7.45. The predicted molar refractivity (Wildman–Crippen MR) is 121 cm³/mol. The maximum atomic E-state index is 13.2. The first-order valence-corrected chi connectivity index (χ1v) is 10.2. The summed E-state index contributed by atoms with van der Waals surface area (Å²) in [6.45, 7) is 0. The summed E-state index contributed by atoms with van der Waals surface area (Å²) < 4.78 is 21.5. The highest BCUT2D eigenvalue weighted by Gasteiger charge is 2.49. The van der Waals surface area contributed by atoms with Crippen LogP contribution in [0.4, 0.5) is 5.69 Å². The molecule has 0 aliphatic carbocycles. The molecule has 0 spiro atoms. The van der Waals surface area contributed by atoms with Crippen LogP contribution in [0.5, 0.6) is 17.2 Å². The molecule has 0 saturated carbocycles. The molecule has 1 aliphatic rings. The number of Topliss-reactive ketones (excluding diaryl/α,β-unsaturated/α-hetero) is 1. The monoisotopic (exact) mass is 469 g/mol. The summed E-state index contributed by atoms with van der Waals surface area (Å²) in [6.07, 6.45) is 1.42. The van der Waals surface area contributed by atoms with E-state index in [-0.39, 0.29) is 33.4 Å². The van der Waals surface area contributed by atoms with Crippen LogP contribution in [0.25, 0.3) is 5.76 Å². The Morgan fingerprint density at radius 1 is 0.970 bits per heavy atom. The lowest BCUT2D eigenvalue weighted by molar-refractivity contribution is -0.132. The molecule has 9 heteroatoms. The van der Waals surface area contributed by atoms with Crippen molar-refractivity contribution in [3.8, 4) is 17.2 Å². The molecule has 33 heavy (non-hydrogen) atoms. The van der Waals surface area contributed by atoms with Gasteiger partial charge in [0.1, 0.15) is 40.4 Å². The second kappa shape index (κ2) is 8.91. The predicted octanol–water partition coefficient (Wildman–Crippen LogP) is 4.59. The Kier molecular flexibility index (Phi) is 6.02. The summed E-state index contributed by atoms with van der Waals surface area (Å²) in [6, 6.07) is 11.8. The highest BCUT2D eigenvalue weighted by Crippen LogP contribution is 2.46. The summed E-state index contributed by atoms with van der Waals surface area (Å²) in [5.74, 6) is -0.984. The first kappa shape index (κ1) is 22.3. The summed E-state index contributed by atoms with van der Waals surface area (Å²) in [4.78, 5) is 27.6. The van der Waals surface area contributed by atoms with Crippen LogP contribution in [0.2, 0.25) is 5.02 Å². The zero-order chi connectivity index (χ0) is 23.7. The van der Waals surface area contributed by atoms with Crippen LogP contribution in [0.1, 0.15) is 17.4 Å². The van der Waals surface area contributed by atoms with Crippen molar-refractivity contribution in [2.45, 2.75) is 6.04 Å². The van der Waals surface area contributed by atoms with E-state index in [1.165, 1.54) is 38.6 Å².